The van der Waals surface area contributed by atoms with E-state index in [0.717, 1.165) is 18.7 Å². The number of β-amino-alcohol motifs (C(OH)–C–C–N with tert-alkyl or cyclic N) is 1. The number of rotatable bonds is 9. The van der Waals surface area contributed by atoms with Gasteiger partial charge in [0.15, 0.2) is 0 Å². The molecule has 1 N–H and O–H groups in total. The lowest BCUT2D eigenvalue weighted by Crippen LogP contribution is -2.49. The molecule has 2 aromatic rings. The molecule has 2 aromatic carbocycles. The SMILES string of the molecule is CCOCCOc1ccccc1C(=O)N1CCN(CC(O)c2ccccc2)CC1. The zero-order chi connectivity index (χ0) is 20.5. The first kappa shape index (κ1) is 21.3. The van der Waals surface area contributed by atoms with Crippen molar-refractivity contribution in [1.29, 1.82) is 0 Å². The van der Waals surface area contributed by atoms with E-state index >= 15 is 0 Å². The van der Waals surface area contributed by atoms with Crippen LogP contribution in [0, 0.1) is 0 Å². The van der Waals surface area contributed by atoms with E-state index in [-0.39, 0.29) is 5.91 Å². The van der Waals surface area contributed by atoms with Crippen LogP contribution < -0.4 is 4.74 Å². The molecule has 0 aliphatic carbocycles. The monoisotopic (exact) mass is 398 g/mol. The fourth-order valence-electron chi connectivity index (χ4n) is 3.45. The maximum atomic E-state index is 13.0. The van der Waals surface area contributed by atoms with Crippen LogP contribution in [0.3, 0.4) is 0 Å². The maximum absolute atomic E-state index is 13.0. The molecule has 6 heteroatoms. The quantitative estimate of drug-likeness (QED) is 0.658. The summed E-state index contributed by atoms with van der Waals surface area (Å²) >= 11 is 0. The molecule has 6 nitrogen and oxygen atoms in total. The highest BCUT2D eigenvalue weighted by Gasteiger charge is 2.25. The minimum atomic E-state index is -0.516. The third kappa shape index (κ3) is 6.03. The molecule has 3 rings (SSSR count). The standard InChI is InChI=1S/C23H30N2O4/c1-2-28-16-17-29-22-11-7-6-10-20(22)23(27)25-14-12-24(13-15-25)18-21(26)19-8-4-3-5-9-19/h3-11,21,26H,2,12-18H2,1H3. The summed E-state index contributed by atoms with van der Waals surface area (Å²) in [7, 11) is 0. The van der Waals surface area contributed by atoms with E-state index in [1.54, 1.807) is 0 Å². The lowest BCUT2D eigenvalue weighted by atomic mass is 10.1. The van der Waals surface area contributed by atoms with E-state index in [2.05, 4.69) is 4.90 Å². The Bertz CT molecular complexity index is 760. The Hall–Kier alpha value is -2.41. The summed E-state index contributed by atoms with van der Waals surface area (Å²) in [6.07, 6.45) is -0.516. The number of carbonyl (C=O) groups excluding carboxylic acids is 1. The van der Waals surface area contributed by atoms with Gasteiger partial charge in [-0.15, -0.1) is 0 Å². The van der Waals surface area contributed by atoms with Crippen molar-refractivity contribution < 1.29 is 19.4 Å². The highest BCUT2D eigenvalue weighted by atomic mass is 16.5. The van der Waals surface area contributed by atoms with Gasteiger partial charge < -0.3 is 19.5 Å². The van der Waals surface area contributed by atoms with Gasteiger partial charge in [-0.3, -0.25) is 9.69 Å². The summed E-state index contributed by atoms with van der Waals surface area (Å²) in [6.45, 7) is 6.82. The van der Waals surface area contributed by atoms with Gasteiger partial charge in [-0.25, -0.2) is 0 Å². The number of piperazine rings is 1. The Morgan fingerprint density at radius 1 is 1.00 bits per heavy atom. The largest absolute Gasteiger partial charge is 0.490 e. The summed E-state index contributed by atoms with van der Waals surface area (Å²) in [5.74, 6) is 0.583. The van der Waals surface area contributed by atoms with Gasteiger partial charge in [0, 0.05) is 39.3 Å². The van der Waals surface area contributed by atoms with Gasteiger partial charge in [0.05, 0.1) is 18.3 Å². The number of hydrogen-bond acceptors (Lipinski definition) is 5. The predicted octanol–water partition coefficient (Wildman–Crippen LogP) is 2.59. The fourth-order valence-corrected chi connectivity index (χ4v) is 3.45. The summed E-state index contributed by atoms with van der Waals surface area (Å²) in [5, 5.41) is 10.4. The smallest absolute Gasteiger partial charge is 0.257 e. The van der Waals surface area contributed by atoms with Gasteiger partial charge in [-0.05, 0) is 24.6 Å². The van der Waals surface area contributed by atoms with Crippen LogP contribution in [-0.4, -0.2) is 73.4 Å². The second kappa shape index (κ2) is 11.0. The zero-order valence-electron chi connectivity index (χ0n) is 17.0. The molecule has 0 saturated carbocycles. The molecule has 29 heavy (non-hydrogen) atoms. The number of carbonyl (C=O) groups is 1. The van der Waals surface area contributed by atoms with Crippen molar-refractivity contribution in [1.82, 2.24) is 9.80 Å². The Morgan fingerprint density at radius 2 is 1.69 bits per heavy atom. The molecular weight excluding hydrogens is 368 g/mol. The molecule has 1 amide bonds. The van der Waals surface area contributed by atoms with Crippen molar-refractivity contribution in [3.8, 4) is 5.75 Å². The molecule has 1 aliphatic heterocycles. The number of amides is 1. The topological polar surface area (TPSA) is 62.2 Å². The van der Waals surface area contributed by atoms with Crippen LogP contribution in [0.2, 0.25) is 0 Å². The van der Waals surface area contributed by atoms with Crippen molar-refractivity contribution in [2.75, 3.05) is 52.5 Å². The van der Waals surface area contributed by atoms with Gasteiger partial charge in [0.1, 0.15) is 12.4 Å². The van der Waals surface area contributed by atoms with E-state index < -0.39 is 6.10 Å². The fraction of sp³-hybridized carbons (Fsp3) is 0.435. The number of para-hydroxylation sites is 1. The van der Waals surface area contributed by atoms with Crippen LogP contribution in [0.4, 0.5) is 0 Å². The Morgan fingerprint density at radius 3 is 2.41 bits per heavy atom. The van der Waals surface area contributed by atoms with Crippen LogP contribution in [-0.2, 0) is 4.74 Å². The molecule has 1 fully saturated rings. The normalized spacial score (nSPS) is 15.9. The first-order valence-electron chi connectivity index (χ1n) is 10.2. The second-order valence-electron chi connectivity index (χ2n) is 7.06. The Labute approximate surface area is 172 Å². The molecule has 0 radical (unpaired) electrons. The molecule has 1 unspecified atom stereocenters. The van der Waals surface area contributed by atoms with E-state index in [1.165, 1.54) is 0 Å². The lowest BCUT2D eigenvalue weighted by molar-refractivity contribution is 0.0522. The highest BCUT2D eigenvalue weighted by Crippen LogP contribution is 2.21. The van der Waals surface area contributed by atoms with Gasteiger partial charge in [0.2, 0.25) is 0 Å². The van der Waals surface area contributed by atoms with Crippen molar-refractivity contribution in [2.24, 2.45) is 0 Å². The number of ether oxygens (including phenoxy) is 2. The Balaban J connectivity index is 1.52. The van der Waals surface area contributed by atoms with Gasteiger partial charge in [-0.2, -0.15) is 0 Å². The van der Waals surface area contributed by atoms with E-state index in [1.807, 2.05) is 66.4 Å². The molecule has 156 valence electrons. The second-order valence-corrected chi connectivity index (χ2v) is 7.06. The van der Waals surface area contributed by atoms with E-state index in [0.29, 0.717) is 50.8 Å². The highest BCUT2D eigenvalue weighted by molar-refractivity contribution is 5.97. The molecule has 1 heterocycles. The van der Waals surface area contributed by atoms with Crippen molar-refractivity contribution >= 4 is 5.91 Å². The van der Waals surface area contributed by atoms with Crippen molar-refractivity contribution in [3.63, 3.8) is 0 Å². The first-order chi connectivity index (χ1) is 14.2. The number of aliphatic hydroxyl groups is 1. The number of aliphatic hydroxyl groups excluding tert-OH is 1. The number of nitrogens with zero attached hydrogens (tertiary/aromatic N) is 2. The molecular formula is C23H30N2O4. The third-order valence-electron chi connectivity index (χ3n) is 5.08. The average Bonchev–Trinajstić information content (AvgIpc) is 2.77. The molecule has 0 spiro atoms. The van der Waals surface area contributed by atoms with Gasteiger partial charge in [-0.1, -0.05) is 42.5 Å². The average molecular weight is 399 g/mol. The predicted molar refractivity (Wildman–Crippen MR) is 112 cm³/mol. The molecule has 1 atom stereocenters. The third-order valence-corrected chi connectivity index (χ3v) is 5.08. The van der Waals surface area contributed by atoms with Gasteiger partial charge >= 0.3 is 0 Å². The van der Waals surface area contributed by atoms with Crippen LogP contribution in [0.15, 0.2) is 54.6 Å². The number of benzene rings is 2. The van der Waals surface area contributed by atoms with Crippen LogP contribution in [0.25, 0.3) is 0 Å². The summed E-state index contributed by atoms with van der Waals surface area (Å²) in [4.78, 5) is 17.1. The maximum Gasteiger partial charge on any atom is 0.257 e. The first-order valence-corrected chi connectivity index (χ1v) is 10.2. The van der Waals surface area contributed by atoms with E-state index in [9.17, 15) is 9.90 Å². The summed E-state index contributed by atoms with van der Waals surface area (Å²) in [5.41, 5.74) is 1.51. The minimum Gasteiger partial charge on any atom is -0.490 e. The van der Waals surface area contributed by atoms with Crippen LogP contribution in [0.5, 0.6) is 5.75 Å². The molecule has 0 bridgehead atoms. The van der Waals surface area contributed by atoms with Crippen molar-refractivity contribution in [2.45, 2.75) is 13.0 Å². The zero-order valence-corrected chi connectivity index (χ0v) is 17.0. The van der Waals surface area contributed by atoms with Crippen LogP contribution >= 0.6 is 0 Å². The number of hydrogen-bond donors (Lipinski definition) is 1. The molecule has 1 aliphatic rings. The summed E-state index contributed by atoms with van der Waals surface area (Å²) in [6, 6.07) is 17.0. The van der Waals surface area contributed by atoms with Crippen LogP contribution in [0.1, 0.15) is 28.9 Å². The summed E-state index contributed by atoms with van der Waals surface area (Å²) < 4.78 is 11.1. The Kier molecular flexibility index (Phi) is 8.04. The van der Waals surface area contributed by atoms with Gasteiger partial charge in [0.25, 0.3) is 5.91 Å². The minimum absolute atomic E-state index is 0.0136. The lowest BCUT2D eigenvalue weighted by Gasteiger charge is -2.36. The molecule has 0 aromatic heterocycles. The van der Waals surface area contributed by atoms with Crippen molar-refractivity contribution in [3.05, 3.63) is 65.7 Å². The van der Waals surface area contributed by atoms with E-state index in [4.69, 9.17) is 9.47 Å². The molecule has 1 saturated heterocycles.